The molecule has 5 nitrogen and oxygen atoms in total. The summed E-state index contributed by atoms with van der Waals surface area (Å²) >= 11 is 0. The molecule has 0 atom stereocenters. The summed E-state index contributed by atoms with van der Waals surface area (Å²) in [7, 11) is 0. The van der Waals surface area contributed by atoms with Gasteiger partial charge in [0, 0.05) is 45.0 Å². The second kappa shape index (κ2) is 8.55. The molecule has 0 unspecified atom stereocenters. The van der Waals surface area contributed by atoms with Crippen LogP contribution in [0.1, 0.15) is 21.5 Å². The number of hydrogen-bond acceptors (Lipinski definition) is 4. The van der Waals surface area contributed by atoms with Crippen LogP contribution in [0, 0.1) is 0 Å². The number of nitrogens with one attached hydrogen (secondary N) is 1. The van der Waals surface area contributed by atoms with Crippen molar-refractivity contribution in [2.75, 3.05) is 50.8 Å². The summed E-state index contributed by atoms with van der Waals surface area (Å²) in [5, 5.41) is 3.11. The number of anilines is 1. The van der Waals surface area contributed by atoms with E-state index in [1.54, 1.807) is 0 Å². The fourth-order valence-electron chi connectivity index (χ4n) is 3.91. The number of amides is 1. The van der Waals surface area contributed by atoms with Crippen molar-refractivity contribution >= 4 is 11.6 Å². The maximum absolute atomic E-state index is 12.8. The van der Waals surface area contributed by atoms with Gasteiger partial charge in [0.2, 0.25) is 0 Å². The summed E-state index contributed by atoms with van der Waals surface area (Å²) < 4.78 is 5.43. The zero-order valence-corrected chi connectivity index (χ0v) is 15.7. The number of hydrogen-bond donors (Lipinski definition) is 1. The Kier molecular flexibility index (Phi) is 5.70. The van der Waals surface area contributed by atoms with Crippen molar-refractivity contribution < 1.29 is 9.53 Å². The predicted molar refractivity (Wildman–Crippen MR) is 107 cm³/mol. The summed E-state index contributed by atoms with van der Waals surface area (Å²) in [6, 6.07) is 16.5. The fourth-order valence-corrected chi connectivity index (χ4v) is 3.91. The minimum atomic E-state index is 0.00880. The Labute approximate surface area is 160 Å². The molecular formula is C22H27N3O2. The van der Waals surface area contributed by atoms with E-state index >= 15 is 0 Å². The highest BCUT2D eigenvalue weighted by atomic mass is 16.5. The van der Waals surface area contributed by atoms with Crippen LogP contribution in [-0.2, 0) is 17.7 Å². The average molecular weight is 365 g/mol. The number of carbonyl (C=O) groups excluding carboxylic acids is 1. The van der Waals surface area contributed by atoms with E-state index in [2.05, 4.69) is 39.4 Å². The van der Waals surface area contributed by atoms with E-state index in [-0.39, 0.29) is 5.91 Å². The minimum absolute atomic E-state index is 0.00880. The molecule has 0 aromatic heterocycles. The molecule has 0 radical (unpaired) electrons. The van der Waals surface area contributed by atoms with E-state index in [1.165, 1.54) is 11.1 Å². The molecule has 142 valence electrons. The van der Waals surface area contributed by atoms with E-state index in [0.29, 0.717) is 19.8 Å². The van der Waals surface area contributed by atoms with Crippen LogP contribution in [0.5, 0.6) is 0 Å². The smallest absolute Gasteiger partial charge is 0.253 e. The molecule has 5 heteroatoms. The molecule has 2 aliphatic rings. The first-order valence-corrected chi connectivity index (χ1v) is 9.80. The molecule has 27 heavy (non-hydrogen) atoms. The van der Waals surface area contributed by atoms with Gasteiger partial charge in [-0.2, -0.15) is 0 Å². The Hall–Kier alpha value is -2.37. The van der Waals surface area contributed by atoms with Gasteiger partial charge >= 0.3 is 0 Å². The lowest BCUT2D eigenvalue weighted by Crippen LogP contribution is -2.39. The van der Waals surface area contributed by atoms with Gasteiger partial charge in [-0.05, 0) is 29.7 Å². The van der Waals surface area contributed by atoms with Gasteiger partial charge in [0.05, 0.1) is 18.8 Å². The fraction of sp³-hybridized carbons (Fsp3) is 0.409. The van der Waals surface area contributed by atoms with E-state index in [4.69, 9.17) is 4.74 Å². The Morgan fingerprint density at radius 2 is 1.70 bits per heavy atom. The van der Waals surface area contributed by atoms with Crippen LogP contribution in [-0.4, -0.2) is 56.7 Å². The van der Waals surface area contributed by atoms with Crippen LogP contribution in [0.15, 0.2) is 48.5 Å². The highest BCUT2D eigenvalue weighted by molar-refractivity contribution is 5.99. The molecule has 0 spiro atoms. The number of nitrogens with zero attached hydrogens (tertiary/aromatic N) is 2. The lowest BCUT2D eigenvalue weighted by Gasteiger charge is -2.30. The lowest BCUT2D eigenvalue weighted by atomic mass is 10.00. The Balaban J connectivity index is 1.33. The zero-order chi connectivity index (χ0) is 18.5. The van der Waals surface area contributed by atoms with Gasteiger partial charge in [0.15, 0.2) is 0 Å². The molecule has 2 heterocycles. The summed E-state index contributed by atoms with van der Waals surface area (Å²) in [5.74, 6) is 0.00880. The SMILES string of the molecule is O=C(NCCN1CCc2ccccc2C1)c1ccccc1N1CCOCC1. The van der Waals surface area contributed by atoms with Crippen LogP contribution in [0.3, 0.4) is 0 Å². The summed E-state index contributed by atoms with van der Waals surface area (Å²) in [4.78, 5) is 17.4. The van der Waals surface area contributed by atoms with Crippen LogP contribution in [0.25, 0.3) is 0 Å². The minimum Gasteiger partial charge on any atom is -0.378 e. The quantitative estimate of drug-likeness (QED) is 0.883. The van der Waals surface area contributed by atoms with E-state index in [0.717, 1.165) is 50.4 Å². The summed E-state index contributed by atoms with van der Waals surface area (Å²) in [5.41, 5.74) is 4.62. The van der Waals surface area contributed by atoms with Gasteiger partial charge in [-0.3, -0.25) is 9.69 Å². The molecule has 2 aliphatic heterocycles. The van der Waals surface area contributed by atoms with Crippen LogP contribution in [0.2, 0.25) is 0 Å². The number of ether oxygens (including phenoxy) is 1. The molecule has 2 aromatic carbocycles. The van der Waals surface area contributed by atoms with Gasteiger partial charge in [0.1, 0.15) is 0 Å². The van der Waals surface area contributed by atoms with Crippen molar-refractivity contribution in [1.82, 2.24) is 10.2 Å². The molecule has 0 aliphatic carbocycles. The molecule has 2 aromatic rings. The first-order chi connectivity index (χ1) is 13.3. The van der Waals surface area contributed by atoms with Crippen molar-refractivity contribution in [1.29, 1.82) is 0 Å². The molecule has 1 amide bonds. The highest BCUT2D eigenvalue weighted by Crippen LogP contribution is 2.21. The molecular weight excluding hydrogens is 338 g/mol. The number of benzene rings is 2. The standard InChI is InChI=1S/C22H27N3O2/c26-22(20-7-3-4-8-21(20)25-13-15-27-16-14-25)23-10-12-24-11-9-18-5-1-2-6-19(18)17-24/h1-8H,9-17H2,(H,23,26). The first-order valence-electron chi connectivity index (χ1n) is 9.80. The number of rotatable bonds is 5. The number of carbonyl (C=O) groups is 1. The molecule has 4 rings (SSSR count). The Bertz CT molecular complexity index is 787. The normalized spacial score (nSPS) is 17.4. The monoisotopic (exact) mass is 365 g/mol. The van der Waals surface area contributed by atoms with Crippen LogP contribution < -0.4 is 10.2 Å². The van der Waals surface area contributed by atoms with Crippen molar-refractivity contribution in [3.63, 3.8) is 0 Å². The van der Waals surface area contributed by atoms with Gasteiger partial charge in [-0.25, -0.2) is 0 Å². The third-order valence-corrected chi connectivity index (χ3v) is 5.42. The largest absolute Gasteiger partial charge is 0.378 e. The topological polar surface area (TPSA) is 44.8 Å². The first kappa shape index (κ1) is 18.0. The maximum atomic E-state index is 12.8. The van der Waals surface area contributed by atoms with E-state index in [1.807, 2.05) is 24.3 Å². The summed E-state index contributed by atoms with van der Waals surface area (Å²) in [6.07, 6.45) is 1.09. The van der Waals surface area contributed by atoms with Crippen molar-refractivity contribution in [3.8, 4) is 0 Å². The van der Waals surface area contributed by atoms with E-state index < -0.39 is 0 Å². The van der Waals surface area contributed by atoms with Gasteiger partial charge < -0.3 is 15.0 Å². The molecule has 0 bridgehead atoms. The van der Waals surface area contributed by atoms with Crippen molar-refractivity contribution in [2.24, 2.45) is 0 Å². The highest BCUT2D eigenvalue weighted by Gasteiger charge is 2.19. The lowest BCUT2D eigenvalue weighted by molar-refractivity contribution is 0.0946. The van der Waals surface area contributed by atoms with Crippen molar-refractivity contribution in [2.45, 2.75) is 13.0 Å². The van der Waals surface area contributed by atoms with Gasteiger partial charge in [0.25, 0.3) is 5.91 Å². The molecule has 0 saturated carbocycles. The number of morpholine rings is 1. The summed E-state index contributed by atoms with van der Waals surface area (Å²) in [6.45, 7) is 6.65. The Morgan fingerprint density at radius 3 is 2.56 bits per heavy atom. The second-order valence-corrected chi connectivity index (χ2v) is 7.17. The number of fused-ring (bicyclic) bond motifs is 1. The predicted octanol–water partition coefficient (Wildman–Crippen LogP) is 2.31. The second-order valence-electron chi connectivity index (χ2n) is 7.17. The van der Waals surface area contributed by atoms with E-state index in [9.17, 15) is 4.79 Å². The molecule has 1 fully saturated rings. The van der Waals surface area contributed by atoms with Crippen LogP contribution >= 0.6 is 0 Å². The molecule has 1 N–H and O–H groups in total. The van der Waals surface area contributed by atoms with Crippen molar-refractivity contribution in [3.05, 3.63) is 65.2 Å². The average Bonchev–Trinajstić information content (AvgIpc) is 2.74. The van der Waals surface area contributed by atoms with Gasteiger partial charge in [-0.1, -0.05) is 36.4 Å². The Morgan fingerprint density at radius 1 is 0.963 bits per heavy atom. The third-order valence-electron chi connectivity index (χ3n) is 5.42. The zero-order valence-electron chi connectivity index (χ0n) is 15.7. The maximum Gasteiger partial charge on any atom is 0.253 e. The van der Waals surface area contributed by atoms with Gasteiger partial charge in [-0.15, -0.1) is 0 Å². The molecule has 1 saturated heterocycles. The van der Waals surface area contributed by atoms with Crippen LogP contribution in [0.4, 0.5) is 5.69 Å². The number of para-hydroxylation sites is 1. The third kappa shape index (κ3) is 4.31.